The first-order valence-electron chi connectivity index (χ1n) is 8.64. The van der Waals surface area contributed by atoms with Gasteiger partial charge in [0.25, 0.3) is 0 Å². The number of hydrogen-bond acceptors (Lipinski definition) is 3. The van der Waals surface area contributed by atoms with Gasteiger partial charge in [-0.3, -0.25) is 14.6 Å². The monoisotopic (exact) mass is 333 g/mol. The van der Waals surface area contributed by atoms with Gasteiger partial charge in [-0.1, -0.05) is 6.92 Å². The van der Waals surface area contributed by atoms with Gasteiger partial charge in [0.2, 0.25) is 11.8 Å². The van der Waals surface area contributed by atoms with E-state index in [0.29, 0.717) is 18.7 Å². The maximum atomic E-state index is 13.0. The minimum atomic E-state index is -0.402. The smallest absolute Gasteiger partial charge is 0.228 e. The molecule has 1 spiro atoms. The van der Waals surface area contributed by atoms with Gasteiger partial charge in [0.15, 0.2) is 0 Å². The van der Waals surface area contributed by atoms with Gasteiger partial charge in [-0.25, -0.2) is 4.39 Å². The number of piperidine rings is 1. The largest absolute Gasteiger partial charge is 0.338 e. The fourth-order valence-electron chi connectivity index (χ4n) is 4.42. The lowest BCUT2D eigenvalue weighted by atomic mass is 9.77. The standard InChI is InChI=1S/C18H24FN3O2/c1-3-15-18(9-7-16(23)21(18)2)8-4-10-22(15)17(24)11-14-6-5-13(19)12-20-14/h5-6,12,15H,3-4,7-11H2,1-2H3/t15-,18+/m1/s1. The van der Waals surface area contributed by atoms with Crippen molar-refractivity contribution >= 4 is 11.8 Å². The zero-order chi connectivity index (χ0) is 17.3. The van der Waals surface area contributed by atoms with Gasteiger partial charge in [0.1, 0.15) is 5.82 Å². The van der Waals surface area contributed by atoms with Crippen LogP contribution in [0.1, 0.15) is 44.7 Å². The van der Waals surface area contributed by atoms with Crippen molar-refractivity contribution in [2.24, 2.45) is 0 Å². The number of pyridine rings is 1. The lowest BCUT2D eigenvalue weighted by Crippen LogP contribution is -2.63. The van der Waals surface area contributed by atoms with Gasteiger partial charge in [-0.05, 0) is 37.8 Å². The zero-order valence-electron chi connectivity index (χ0n) is 14.3. The van der Waals surface area contributed by atoms with Crippen LogP contribution < -0.4 is 0 Å². The van der Waals surface area contributed by atoms with E-state index >= 15 is 0 Å². The molecule has 5 nitrogen and oxygen atoms in total. The third-order valence-electron chi connectivity index (χ3n) is 5.65. The van der Waals surface area contributed by atoms with Crippen LogP contribution in [0.15, 0.2) is 18.3 Å². The van der Waals surface area contributed by atoms with E-state index in [1.807, 2.05) is 16.8 Å². The summed E-state index contributed by atoms with van der Waals surface area (Å²) in [7, 11) is 1.87. The molecule has 3 rings (SSSR count). The Morgan fingerprint density at radius 3 is 2.79 bits per heavy atom. The molecule has 0 saturated carbocycles. The van der Waals surface area contributed by atoms with Crippen molar-refractivity contribution in [2.75, 3.05) is 13.6 Å². The van der Waals surface area contributed by atoms with Gasteiger partial charge in [-0.15, -0.1) is 0 Å². The van der Waals surface area contributed by atoms with E-state index in [9.17, 15) is 14.0 Å². The van der Waals surface area contributed by atoms with Crippen LogP contribution in [-0.2, 0) is 16.0 Å². The van der Waals surface area contributed by atoms with E-state index in [4.69, 9.17) is 0 Å². The summed E-state index contributed by atoms with van der Waals surface area (Å²) < 4.78 is 13.0. The van der Waals surface area contributed by atoms with Crippen LogP contribution in [0.2, 0.25) is 0 Å². The van der Waals surface area contributed by atoms with E-state index in [1.54, 1.807) is 6.07 Å². The Morgan fingerprint density at radius 1 is 1.42 bits per heavy atom. The molecule has 2 aliphatic heterocycles. The number of carbonyl (C=O) groups excluding carboxylic acids is 2. The maximum Gasteiger partial charge on any atom is 0.228 e. The predicted octanol–water partition coefficient (Wildman–Crippen LogP) is 2.16. The Kier molecular flexibility index (Phi) is 4.56. The molecule has 0 radical (unpaired) electrons. The Bertz CT molecular complexity index is 634. The molecule has 0 aliphatic carbocycles. The minimum Gasteiger partial charge on any atom is -0.338 e. The van der Waals surface area contributed by atoms with Crippen LogP contribution in [0, 0.1) is 5.82 Å². The second-order valence-corrected chi connectivity index (χ2v) is 6.82. The molecule has 24 heavy (non-hydrogen) atoms. The van der Waals surface area contributed by atoms with Crippen LogP contribution in [0.3, 0.4) is 0 Å². The molecule has 0 aromatic carbocycles. The summed E-state index contributed by atoms with van der Waals surface area (Å²) in [5, 5.41) is 0. The molecule has 2 atom stereocenters. The van der Waals surface area contributed by atoms with Crippen molar-refractivity contribution in [3.63, 3.8) is 0 Å². The van der Waals surface area contributed by atoms with Gasteiger partial charge in [0, 0.05) is 25.7 Å². The number of halogens is 1. The van der Waals surface area contributed by atoms with Gasteiger partial charge < -0.3 is 9.80 Å². The Hall–Kier alpha value is -1.98. The molecule has 0 bridgehead atoms. The van der Waals surface area contributed by atoms with E-state index < -0.39 is 5.82 Å². The molecular formula is C18H24FN3O2. The van der Waals surface area contributed by atoms with Crippen LogP contribution in [0.25, 0.3) is 0 Å². The molecule has 2 saturated heterocycles. The number of likely N-dealkylation sites (N-methyl/N-ethyl adjacent to an activating group) is 1. The van der Waals surface area contributed by atoms with Gasteiger partial charge in [-0.2, -0.15) is 0 Å². The summed E-state index contributed by atoms with van der Waals surface area (Å²) in [6.45, 7) is 2.78. The highest BCUT2D eigenvalue weighted by molar-refractivity contribution is 5.81. The molecule has 0 N–H and O–H groups in total. The van der Waals surface area contributed by atoms with Crippen LogP contribution in [-0.4, -0.2) is 51.8 Å². The molecule has 1 aromatic rings. The molecule has 1 aromatic heterocycles. The van der Waals surface area contributed by atoms with Gasteiger partial charge in [0.05, 0.1) is 24.2 Å². The topological polar surface area (TPSA) is 53.5 Å². The van der Waals surface area contributed by atoms with E-state index in [1.165, 1.54) is 6.07 Å². The number of amides is 2. The molecule has 6 heteroatoms. The molecule has 2 amide bonds. The van der Waals surface area contributed by atoms with E-state index in [2.05, 4.69) is 11.9 Å². The number of likely N-dealkylation sites (tertiary alicyclic amines) is 2. The summed E-state index contributed by atoms with van der Waals surface area (Å²) >= 11 is 0. The number of aromatic nitrogens is 1. The third kappa shape index (κ3) is 2.78. The molecular weight excluding hydrogens is 309 g/mol. The SMILES string of the molecule is CC[C@H]1N(C(=O)Cc2ccc(F)cn2)CCC[C@]12CCC(=O)N2C. The number of hydrogen-bond donors (Lipinski definition) is 0. The Morgan fingerprint density at radius 2 is 2.21 bits per heavy atom. The van der Waals surface area contributed by atoms with Crippen LogP contribution in [0.4, 0.5) is 4.39 Å². The number of rotatable bonds is 3. The first kappa shape index (κ1) is 16.9. The van der Waals surface area contributed by atoms with E-state index in [0.717, 1.165) is 31.9 Å². The van der Waals surface area contributed by atoms with Crippen molar-refractivity contribution in [2.45, 2.75) is 57.0 Å². The maximum absolute atomic E-state index is 13.0. The average molecular weight is 333 g/mol. The molecule has 2 aliphatic rings. The molecule has 2 fully saturated rings. The highest BCUT2D eigenvalue weighted by Gasteiger charge is 2.52. The molecule has 130 valence electrons. The fourth-order valence-corrected chi connectivity index (χ4v) is 4.42. The van der Waals surface area contributed by atoms with Crippen molar-refractivity contribution in [3.05, 3.63) is 29.8 Å². The highest BCUT2D eigenvalue weighted by atomic mass is 19.1. The van der Waals surface area contributed by atoms with Gasteiger partial charge >= 0.3 is 0 Å². The van der Waals surface area contributed by atoms with Crippen LogP contribution >= 0.6 is 0 Å². The average Bonchev–Trinajstić information content (AvgIpc) is 2.86. The van der Waals surface area contributed by atoms with Crippen molar-refractivity contribution in [1.82, 2.24) is 14.8 Å². The molecule has 3 heterocycles. The van der Waals surface area contributed by atoms with E-state index in [-0.39, 0.29) is 29.8 Å². The fraction of sp³-hybridized carbons (Fsp3) is 0.611. The van der Waals surface area contributed by atoms with Crippen molar-refractivity contribution < 1.29 is 14.0 Å². The minimum absolute atomic E-state index is 0.00721. The lowest BCUT2D eigenvalue weighted by molar-refractivity contribution is -0.144. The third-order valence-corrected chi connectivity index (χ3v) is 5.65. The first-order chi connectivity index (χ1) is 11.5. The number of carbonyl (C=O) groups is 2. The predicted molar refractivity (Wildman–Crippen MR) is 87.7 cm³/mol. The summed E-state index contributed by atoms with van der Waals surface area (Å²) in [5.41, 5.74) is 0.349. The first-order valence-corrected chi connectivity index (χ1v) is 8.64. The van der Waals surface area contributed by atoms with Crippen molar-refractivity contribution in [1.29, 1.82) is 0 Å². The Labute approximate surface area is 141 Å². The second kappa shape index (κ2) is 6.49. The van der Waals surface area contributed by atoms with Crippen LogP contribution in [0.5, 0.6) is 0 Å². The lowest BCUT2D eigenvalue weighted by Gasteiger charge is -2.51. The quantitative estimate of drug-likeness (QED) is 0.852. The summed E-state index contributed by atoms with van der Waals surface area (Å²) in [6, 6.07) is 2.92. The summed E-state index contributed by atoms with van der Waals surface area (Å²) in [4.78, 5) is 32.7. The zero-order valence-corrected chi connectivity index (χ0v) is 14.3. The number of nitrogens with zero attached hydrogens (tertiary/aromatic N) is 3. The second-order valence-electron chi connectivity index (χ2n) is 6.82. The summed E-state index contributed by atoms with van der Waals surface area (Å²) in [5.74, 6) is -0.226. The molecule has 0 unspecified atom stereocenters. The highest BCUT2D eigenvalue weighted by Crippen LogP contribution is 2.42. The van der Waals surface area contributed by atoms with Crippen molar-refractivity contribution in [3.8, 4) is 0 Å². The normalized spacial score (nSPS) is 27.1. The summed E-state index contributed by atoms with van der Waals surface area (Å²) in [6.07, 6.45) is 5.36. The Balaban J connectivity index is 1.80.